The third-order valence-corrected chi connectivity index (χ3v) is 2.86. The van der Waals surface area contributed by atoms with E-state index in [2.05, 4.69) is 20.9 Å². The van der Waals surface area contributed by atoms with E-state index in [-0.39, 0.29) is 36.4 Å². The topological polar surface area (TPSA) is 84.0 Å². The molecule has 0 radical (unpaired) electrons. The van der Waals surface area contributed by atoms with Crippen LogP contribution in [0.15, 0.2) is 4.99 Å². The van der Waals surface area contributed by atoms with Gasteiger partial charge in [0.2, 0.25) is 5.91 Å². The molecule has 1 saturated carbocycles. The van der Waals surface area contributed by atoms with Crippen molar-refractivity contribution in [1.82, 2.24) is 16.0 Å². The third-order valence-electron chi connectivity index (χ3n) is 2.86. The number of nitrogens with one attached hydrogen (secondary N) is 3. The Kier molecular flexibility index (Phi) is 13.6. The first kappa shape index (κ1) is 21.4. The second-order valence-electron chi connectivity index (χ2n) is 4.92. The average Bonchev–Trinajstić information content (AvgIpc) is 3.27. The van der Waals surface area contributed by atoms with Crippen molar-refractivity contribution in [3.8, 4) is 0 Å². The van der Waals surface area contributed by atoms with Gasteiger partial charge in [-0.2, -0.15) is 0 Å². The number of nitrogens with zero attached hydrogens (tertiary/aromatic N) is 1. The zero-order valence-electron chi connectivity index (χ0n) is 13.5. The molecule has 130 valence electrons. The van der Waals surface area contributed by atoms with E-state index >= 15 is 0 Å². The second kappa shape index (κ2) is 14.0. The van der Waals surface area contributed by atoms with E-state index in [1.807, 2.05) is 6.92 Å². The lowest BCUT2D eigenvalue weighted by Crippen LogP contribution is -2.39. The first-order valence-corrected chi connectivity index (χ1v) is 7.64. The number of hydrogen-bond donors (Lipinski definition) is 3. The molecule has 7 nitrogen and oxygen atoms in total. The Hall–Kier alpha value is -0.610. The Labute approximate surface area is 150 Å². The van der Waals surface area contributed by atoms with Crippen LogP contribution in [-0.2, 0) is 14.3 Å². The van der Waals surface area contributed by atoms with E-state index in [9.17, 15) is 4.79 Å². The Balaban J connectivity index is 0.00000441. The van der Waals surface area contributed by atoms with E-state index in [1.165, 1.54) is 0 Å². The van der Waals surface area contributed by atoms with Crippen molar-refractivity contribution >= 4 is 35.8 Å². The minimum absolute atomic E-state index is 0. The number of methoxy groups -OCH3 is 1. The lowest BCUT2D eigenvalue weighted by molar-refractivity contribution is -0.119. The molecule has 0 bridgehead atoms. The molecule has 1 rings (SSSR count). The lowest BCUT2D eigenvalue weighted by atomic mass is 10.4. The molecule has 1 amide bonds. The fraction of sp³-hybridized carbons (Fsp3) is 0.857. The van der Waals surface area contributed by atoms with Gasteiger partial charge in [0.25, 0.3) is 0 Å². The van der Waals surface area contributed by atoms with Crippen molar-refractivity contribution in [1.29, 1.82) is 0 Å². The highest BCUT2D eigenvalue weighted by molar-refractivity contribution is 14.0. The number of hydrogen-bond acceptors (Lipinski definition) is 4. The molecule has 8 heteroatoms. The highest BCUT2D eigenvalue weighted by Crippen LogP contribution is 2.18. The number of amides is 1. The summed E-state index contributed by atoms with van der Waals surface area (Å²) in [5.41, 5.74) is 0. The Bertz CT molecular complexity index is 325. The second-order valence-corrected chi connectivity index (χ2v) is 4.92. The fourth-order valence-electron chi connectivity index (χ4n) is 1.62. The summed E-state index contributed by atoms with van der Waals surface area (Å²) in [6, 6.07) is 0.382. The summed E-state index contributed by atoms with van der Waals surface area (Å²) in [5.74, 6) is 0.651. The van der Waals surface area contributed by atoms with E-state index in [0.717, 1.165) is 32.4 Å². The molecule has 0 aromatic carbocycles. The molecule has 0 aliphatic heterocycles. The van der Waals surface area contributed by atoms with Crippen LogP contribution >= 0.6 is 24.0 Å². The summed E-state index contributed by atoms with van der Waals surface area (Å²) < 4.78 is 10.3. The molecule has 22 heavy (non-hydrogen) atoms. The summed E-state index contributed by atoms with van der Waals surface area (Å²) in [5, 5.41) is 9.21. The van der Waals surface area contributed by atoms with E-state index < -0.39 is 0 Å². The van der Waals surface area contributed by atoms with Crippen LogP contribution in [0.3, 0.4) is 0 Å². The van der Waals surface area contributed by atoms with Crippen molar-refractivity contribution < 1.29 is 14.3 Å². The van der Waals surface area contributed by atoms with Crippen LogP contribution < -0.4 is 16.0 Å². The summed E-state index contributed by atoms with van der Waals surface area (Å²) in [7, 11) is 1.66. The van der Waals surface area contributed by atoms with Gasteiger partial charge in [0.15, 0.2) is 5.96 Å². The van der Waals surface area contributed by atoms with Crippen molar-refractivity contribution in [3.63, 3.8) is 0 Å². The number of carbonyl (C=O) groups is 1. The van der Waals surface area contributed by atoms with Gasteiger partial charge in [-0.15, -0.1) is 24.0 Å². The molecule has 1 fully saturated rings. The standard InChI is InChI=1S/C14H28N4O3.HI/c1-3-15-14(16-7-4-8-21-10-9-20-2)17-11-13(19)18-12-5-6-12;/h12H,3-11H2,1-2H3,(H,18,19)(H2,15,16,17);1H. The van der Waals surface area contributed by atoms with Gasteiger partial charge in [-0.1, -0.05) is 0 Å². The Morgan fingerprint density at radius 2 is 2.00 bits per heavy atom. The van der Waals surface area contributed by atoms with Gasteiger partial charge < -0.3 is 25.4 Å². The van der Waals surface area contributed by atoms with Gasteiger partial charge >= 0.3 is 0 Å². The first-order valence-electron chi connectivity index (χ1n) is 7.64. The predicted octanol–water partition coefficient (Wildman–Crippen LogP) is 0.491. The third kappa shape index (κ3) is 12.0. The molecule has 0 unspecified atom stereocenters. The number of carbonyl (C=O) groups excluding carboxylic acids is 1. The molecule has 0 heterocycles. The maximum Gasteiger partial charge on any atom is 0.242 e. The highest BCUT2D eigenvalue weighted by atomic mass is 127. The van der Waals surface area contributed by atoms with Crippen LogP contribution in [-0.4, -0.2) is 64.5 Å². The number of rotatable bonds is 11. The Morgan fingerprint density at radius 3 is 2.64 bits per heavy atom. The van der Waals surface area contributed by atoms with Crippen LogP contribution in [0, 0.1) is 0 Å². The molecule has 3 N–H and O–H groups in total. The maximum absolute atomic E-state index is 11.6. The molecule has 1 aliphatic carbocycles. The van der Waals surface area contributed by atoms with E-state index in [4.69, 9.17) is 9.47 Å². The van der Waals surface area contributed by atoms with Crippen LogP contribution in [0.4, 0.5) is 0 Å². The maximum atomic E-state index is 11.6. The zero-order chi connectivity index (χ0) is 15.3. The molecule has 0 saturated heterocycles. The predicted molar refractivity (Wildman–Crippen MR) is 97.9 cm³/mol. The van der Waals surface area contributed by atoms with Crippen molar-refractivity contribution in [3.05, 3.63) is 0 Å². The van der Waals surface area contributed by atoms with Gasteiger partial charge in [0, 0.05) is 32.8 Å². The van der Waals surface area contributed by atoms with Gasteiger partial charge in [0.1, 0.15) is 6.54 Å². The van der Waals surface area contributed by atoms with Crippen LogP contribution in [0.1, 0.15) is 26.2 Å². The molecular weight excluding hydrogens is 399 g/mol. The van der Waals surface area contributed by atoms with Crippen LogP contribution in [0.2, 0.25) is 0 Å². The molecule has 0 atom stereocenters. The normalized spacial score (nSPS) is 14.2. The highest BCUT2D eigenvalue weighted by Gasteiger charge is 2.22. The van der Waals surface area contributed by atoms with Crippen molar-refractivity contribution in [2.24, 2.45) is 4.99 Å². The van der Waals surface area contributed by atoms with E-state index in [1.54, 1.807) is 7.11 Å². The van der Waals surface area contributed by atoms with Crippen LogP contribution in [0.25, 0.3) is 0 Å². The van der Waals surface area contributed by atoms with Gasteiger partial charge in [-0.3, -0.25) is 4.79 Å². The minimum atomic E-state index is -0.0161. The number of ether oxygens (including phenoxy) is 2. The smallest absolute Gasteiger partial charge is 0.242 e. The molecule has 0 spiro atoms. The summed E-state index contributed by atoms with van der Waals surface area (Å²) in [6.07, 6.45) is 3.07. The van der Waals surface area contributed by atoms with E-state index in [0.29, 0.717) is 31.8 Å². The molecule has 0 aromatic heterocycles. The minimum Gasteiger partial charge on any atom is -0.382 e. The first-order chi connectivity index (χ1) is 10.3. The summed E-state index contributed by atoms with van der Waals surface area (Å²) in [6.45, 7) is 5.59. The number of halogens is 1. The average molecular weight is 428 g/mol. The lowest BCUT2D eigenvalue weighted by Gasteiger charge is -2.11. The zero-order valence-corrected chi connectivity index (χ0v) is 15.9. The van der Waals surface area contributed by atoms with Gasteiger partial charge in [-0.25, -0.2) is 4.99 Å². The molecule has 1 aliphatic rings. The summed E-state index contributed by atoms with van der Waals surface area (Å²) >= 11 is 0. The van der Waals surface area contributed by atoms with Gasteiger partial charge in [0.05, 0.1) is 13.2 Å². The van der Waals surface area contributed by atoms with Crippen LogP contribution in [0.5, 0.6) is 0 Å². The molecular formula is C14H29IN4O3. The quantitative estimate of drug-likeness (QED) is 0.193. The fourth-order valence-corrected chi connectivity index (χ4v) is 1.62. The number of aliphatic imine (C=N–C) groups is 1. The van der Waals surface area contributed by atoms with Crippen molar-refractivity contribution in [2.75, 3.05) is 46.6 Å². The van der Waals surface area contributed by atoms with Crippen molar-refractivity contribution in [2.45, 2.75) is 32.2 Å². The summed E-state index contributed by atoms with van der Waals surface area (Å²) in [4.78, 5) is 15.8. The Morgan fingerprint density at radius 1 is 1.23 bits per heavy atom. The number of guanidine groups is 1. The monoisotopic (exact) mass is 428 g/mol. The SMILES string of the molecule is CCNC(=NCC(=O)NC1CC1)NCCCOCCOC.I. The van der Waals surface area contributed by atoms with Gasteiger partial charge in [-0.05, 0) is 26.2 Å². The largest absolute Gasteiger partial charge is 0.382 e. The molecule has 0 aromatic rings.